The van der Waals surface area contributed by atoms with E-state index in [1.165, 1.54) is 19.3 Å². The van der Waals surface area contributed by atoms with Crippen LogP contribution < -0.4 is 0 Å². The van der Waals surface area contributed by atoms with Crippen LogP contribution in [0.1, 0.15) is 60.8 Å². The van der Waals surface area contributed by atoms with Crippen molar-refractivity contribution in [3.8, 4) is 0 Å². The van der Waals surface area contributed by atoms with Crippen LogP contribution in [0.4, 0.5) is 0 Å². The summed E-state index contributed by atoms with van der Waals surface area (Å²) in [5.41, 5.74) is 0. The van der Waals surface area contributed by atoms with Gasteiger partial charge in [0, 0.05) is 10.1 Å². The van der Waals surface area contributed by atoms with Gasteiger partial charge in [-0.2, -0.15) is 0 Å². The summed E-state index contributed by atoms with van der Waals surface area (Å²) in [6.07, 6.45) is 6.65. The Labute approximate surface area is 128 Å². The highest BCUT2D eigenvalue weighted by Gasteiger charge is 2.68. The highest BCUT2D eigenvalue weighted by molar-refractivity contribution is 8.03. The van der Waals surface area contributed by atoms with Crippen LogP contribution >= 0.6 is 11.8 Å². The number of rotatable bonds is 0. The topological polar surface area (TPSA) is 18.5 Å². The molecule has 0 unspecified atom stereocenters. The lowest BCUT2D eigenvalue weighted by Crippen LogP contribution is -2.68. The summed E-state index contributed by atoms with van der Waals surface area (Å²) in [4.78, 5) is 0. The summed E-state index contributed by atoms with van der Waals surface area (Å²) in [5, 5.41) is 2.42. The minimum absolute atomic E-state index is 0.0844. The molecule has 20 heavy (non-hydrogen) atoms. The van der Waals surface area contributed by atoms with Crippen molar-refractivity contribution in [2.75, 3.05) is 0 Å². The molecule has 0 aromatic heterocycles. The van der Waals surface area contributed by atoms with Gasteiger partial charge in [0.05, 0.1) is 17.0 Å². The molecule has 2 aliphatic heterocycles. The Hall–Kier alpha value is 0.227. The largest absolute Gasteiger partial charge is 0.389 e. The van der Waals surface area contributed by atoms with E-state index in [1.807, 2.05) is 11.8 Å². The van der Waals surface area contributed by atoms with Gasteiger partial charge in [-0.3, -0.25) is 0 Å². The fourth-order valence-corrected chi connectivity index (χ4v) is 11.0. The predicted molar refractivity (Wildman–Crippen MR) is 88.2 cm³/mol. The molecule has 0 bridgehead atoms. The Morgan fingerprint density at radius 3 is 2.35 bits per heavy atom. The molecule has 3 rings (SSSR count). The quantitative estimate of drug-likeness (QED) is 0.587. The van der Waals surface area contributed by atoms with Crippen molar-refractivity contribution in [2.45, 2.75) is 87.8 Å². The van der Waals surface area contributed by atoms with Gasteiger partial charge < -0.3 is 8.85 Å². The van der Waals surface area contributed by atoms with Gasteiger partial charge in [0.25, 0.3) is 0 Å². The van der Waals surface area contributed by atoms with Crippen LogP contribution in [0.15, 0.2) is 11.5 Å². The maximum absolute atomic E-state index is 6.89. The number of hydrogen-bond acceptors (Lipinski definition) is 3. The van der Waals surface area contributed by atoms with E-state index >= 15 is 0 Å². The average Bonchev–Trinajstić information content (AvgIpc) is 2.85. The molecule has 3 atom stereocenters. The number of thioether (sulfide) groups is 1. The Balaban J connectivity index is 2.05. The van der Waals surface area contributed by atoms with Crippen molar-refractivity contribution < 1.29 is 8.85 Å². The third-order valence-electron chi connectivity index (χ3n) is 5.18. The maximum Gasteiger partial charge on any atom is 0.350 e. The molecule has 1 aliphatic carbocycles. The summed E-state index contributed by atoms with van der Waals surface area (Å²) in [5.74, 6) is 0. The minimum atomic E-state index is -2.33. The van der Waals surface area contributed by atoms with Gasteiger partial charge in [-0.15, -0.1) is 11.8 Å². The predicted octanol–water partition coefficient (Wildman–Crippen LogP) is 5.00. The Kier molecular flexibility index (Phi) is 3.31. The monoisotopic (exact) mass is 312 g/mol. The first-order chi connectivity index (χ1) is 9.12. The Morgan fingerprint density at radius 1 is 1.10 bits per heavy atom. The van der Waals surface area contributed by atoms with Gasteiger partial charge in [0.2, 0.25) is 0 Å². The summed E-state index contributed by atoms with van der Waals surface area (Å²) < 4.78 is 13.9. The molecule has 0 N–H and O–H groups in total. The van der Waals surface area contributed by atoms with Gasteiger partial charge in [0.15, 0.2) is 0 Å². The van der Waals surface area contributed by atoms with Gasteiger partial charge in [0.1, 0.15) is 0 Å². The zero-order valence-corrected chi connectivity index (χ0v) is 15.5. The molecule has 0 aromatic carbocycles. The molecule has 2 nitrogen and oxygen atoms in total. The third kappa shape index (κ3) is 1.84. The highest BCUT2D eigenvalue weighted by Crippen LogP contribution is 2.62. The van der Waals surface area contributed by atoms with Crippen molar-refractivity contribution in [2.24, 2.45) is 0 Å². The normalized spacial score (nSPS) is 39.7. The molecule has 0 amide bonds. The second-order valence-electron chi connectivity index (χ2n) is 8.56. The first-order valence-corrected chi connectivity index (χ1v) is 10.5. The lowest BCUT2D eigenvalue weighted by Gasteiger charge is -2.58. The molecule has 0 aromatic rings. The molecule has 4 heteroatoms. The molecule has 0 radical (unpaired) electrons. The van der Waals surface area contributed by atoms with Crippen LogP contribution in [0, 0.1) is 0 Å². The summed E-state index contributed by atoms with van der Waals surface area (Å²) in [6, 6.07) is 0. The van der Waals surface area contributed by atoms with E-state index in [-0.39, 0.29) is 20.9 Å². The van der Waals surface area contributed by atoms with Crippen LogP contribution in [-0.2, 0) is 8.85 Å². The summed E-state index contributed by atoms with van der Waals surface area (Å²) in [7, 11) is -2.33. The zero-order valence-electron chi connectivity index (χ0n) is 13.7. The van der Waals surface area contributed by atoms with Crippen LogP contribution in [0.5, 0.6) is 0 Å². The second-order valence-corrected chi connectivity index (χ2v) is 14.5. The van der Waals surface area contributed by atoms with Crippen LogP contribution in [0.25, 0.3) is 0 Å². The van der Waals surface area contributed by atoms with Gasteiger partial charge in [-0.05, 0) is 30.7 Å². The van der Waals surface area contributed by atoms with Gasteiger partial charge in [-0.1, -0.05) is 41.5 Å². The SMILES string of the molecule is CC(C)(C)[Si]1(C(C)(C)C)O[C@H]2C=CS[C@]23CCC[C@H]3O1. The van der Waals surface area contributed by atoms with Crippen LogP contribution in [0.3, 0.4) is 0 Å². The Bertz CT molecular complexity index is 421. The van der Waals surface area contributed by atoms with Crippen LogP contribution in [0.2, 0.25) is 10.1 Å². The van der Waals surface area contributed by atoms with Crippen molar-refractivity contribution in [1.29, 1.82) is 0 Å². The van der Waals surface area contributed by atoms with Gasteiger partial charge >= 0.3 is 8.56 Å². The molecule has 1 saturated carbocycles. The molecule has 114 valence electrons. The number of hydrogen-bond donors (Lipinski definition) is 0. The molecule has 1 spiro atoms. The minimum Gasteiger partial charge on any atom is -0.389 e. The zero-order chi connectivity index (χ0) is 14.8. The third-order valence-corrected chi connectivity index (χ3v) is 11.8. The van der Waals surface area contributed by atoms with Gasteiger partial charge in [-0.25, -0.2) is 0 Å². The maximum atomic E-state index is 6.89. The highest BCUT2D eigenvalue weighted by atomic mass is 32.2. The van der Waals surface area contributed by atoms with Crippen molar-refractivity contribution in [3.63, 3.8) is 0 Å². The standard InChI is InChI=1S/C16H28O2SSi/c1-14(2,3)20(15(4,5)6)17-12-8-7-10-16(12)13(18-20)9-11-19-16/h9,11-13H,7-8,10H2,1-6H3/t12-,13+,16+/m1/s1. The van der Waals surface area contributed by atoms with Crippen molar-refractivity contribution in [3.05, 3.63) is 11.5 Å². The first-order valence-electron chi connectivity index (χ1n) is 7.83. The van der Waals surface area contributed by atoms with E-state index < -0.39 is 8.56 Å². The van der Waals surface area contributed by atoms with E-state index in [9.17, 15) is 0 Å². The van der Waals surface area contributed by atoms with Crippen molar-refractivity contribution in [1.82, 2.24) is 0 Å². The smallest absolute Gasteiger partial charge is 0.350 e. The van der Waals surface area contributed by atoms with Crippen molar-refractivity contribution >= 4 is 20.3 Å². The average molecular weight is 313 g/mol. The Morgan fingerprint density at radius 2 is 1.75 bits per heavy atom. The molecular formula is C16H28O2SSi. The first kappa shape index (κ1) is 15.1. The fourth-order valence-electron chi connectivity index (χ4n) is 4.43. The van der Waals surface area contributed by atoms with E-state index in [1.54, 1.807) is 0 Å². The van der Waals surface area contributed by atoms with E-state index in [0.29, 0.717) is 6.10 Å². The summed E-state index contributed by atoms with van der Waals surface area (Å²) >= 11 is 1.96. The molecule has 2 fully saturated rings. The molecule has 2 heterocycles. The van der Waals surface area contributed by atoms with Crippen LogP contribution in [-0.4, -0.2) is 25.5 Å². The lowest BCUT2D eigenvalue weighted by atomic mass is 9.98. The van der Waals surface area contributed by atoms with E-state index in [2.05, 4.69) is 53.0 Å². The molecule has 1 saturated heterocycles. The summed E-state index contributed by atoms with van der Waals surface area (Å²) in [6.45, 7) is 13.8. The van der Waals surface area contributed by atoms with E-state index in [4.69, 9.17) is 8.85 Å². The molecular weight excluding hydrogens is 284 g/mol. The molecule has 3 aliphatic rings. The lowest BCUT2D eigenvalue weighted by molar-refractivity contribution is -0.0221. The second kappa shape index (κ2) is 4.37. The van der Waals surface area contributed by atoms with E-state index in [0.717, 1.165) is 0 Å². The fraction of sp³-hybridized carbons (Fsp3) is 0.875.